The molecule has 1 saturated heterocycles. The van der Waals surface area contributed by atoms with E-state index >= 15 is 0 Å². The van der Waals surface area contributed by atoms with Crippen LogP contribution >= 0.6 is 24.0 Å². The largest absolute Gasteiger partial charge is 0.371 e. The third-order valence-electron chi connectivity index (χ3n) is 2.14. The van der Waals surface area contributed by atoms with E-state index in [-0.39, 0.29) is 12.4 Å². The highest BCUT2D eigenvalue weighted by Crippen LogP contribution is 2.11. The van der Waals surface area contributed by atoms with E-state index in [1.807, 2.05) is 24.3 Å². The molecule has 1 aliphatic rings. The number of halogens is 2. The van der Waals surface area contributed by atoms with Gasteiger partial charge in [0.1, 0.15) is 0 Å². The van der Waals surface area contributed by atoms with Crippen LogP contribution in [-0.4, -0.2) is 19.2 Å². The Morgan fingerprint density at radius 1 is 1.29 bits per heavy atom. The Hall–Kier alpha value is -0.280. The van der Waals surface area contributed by atoms with Crippen molar-refractivity contribution in [3.63, 3.8) is 0 Å². The van der Waals surface area contributed by atoms with Gasteiger partial charge in [-0.15, -0.1) is 12.4 Å². The highest BCUT2D eigenvalue weighted by Gasteiger charge is 2.16. The van der Waals surface area contributed by atoms with E-state index in [1.165, 1.54) is 5.56 Å². The Bertz CT molecular complexity index is 272. The second kappa shape index (κ2) is 5.56. The van der Waals surface area contributed by atoms with Crippen molar-refractivity contribution in [3.8, 4) is 0 Å². The average molecular weight is 234 g/mol. The molecular weight excluding hydrogens is 221 g/mol. The van der Waals surface area contributed by atoms with Gasteiger partial charge in [-0.25, -0.2) is 0 Å². The van der Waals surface area contributed by atoms with Crippen LogP contribution in [0.1, 0.15) is 5.56 Å². The molecule has 4 heteroatoms. The quantitative estimate of drug-likeness (QED) is 0.866. The molecule has 0 saturated carbocycles. The fourth-order valence-electron chi connectivity index (χ4n) is 1.17. The molecule has 2 rings (SSSR count). The van der Waals surface area contributed by atoms with E-state index < -0.39 is 0 Å². The number of benzene rings is 1. The first-order chi connectivity index (χ1) is 6.34. The number of ether oxygens (including phenoxy) is 1. The maximum absolute atomic E-state index is 5.76. The lowest BCUT2D eigenvalue weighted by Crippen LogP contribution is -2.48. The molecular formula is C10H13Cl2NO. The van der Waals surface area contributed by atoms with Gasteiger partial charge in [0, 0.05) is 18.1 Å². The Balaban J connectivity index is 0.000000980. The van der Waals surface area contributed by atoms with Crippen molar-refractivity contribution in [3.05, 3.63) is 34.9 Å². The minimum Gasteiger partial charge on any atom is -0.371 e. The van der Waals surface area contributed by atoms with E-state index in [9.17, 15) is 0 Å². The zero-order chi connectivity index (χ0) is 9.10. The SMILES string of the molecule is Cl.Clc1ccc(COC2CNC2)cc1. The van der Waals surface area contributed by atoms with E-state index in [0.717, 1.165) is 18.1 Å². The molecule has 1 aliphatic heterocycles. The second-order valence-corrected chi connectivity index (χ2v) is 3.65. The first kappa shape index (κ1) is 11.8. The second-order valence-electron chi connectivity index (χ2n) is 3.22. The number of nitrogens with one attached hydrogen (secondary N) is 1. The third kappa shape index (κ3) is 3.14. The molecule has 1 fully saturated rings. The Labute approximate surface area is 95.0 Å². The van der Waals surface area contributed by atoms with Crippen LogP contribution in [0.4, 0.5) is 0 Å². The van der Waals surface area contributed by atoms with Crippen LogP contribution in [0.2, 0.25) is 5.02 Å². The molecule has 1 aromatic rings. The molecule has 14 heavy (non-hydrogen) atoms. The van der Waals surface area contributed by atoms with Gasteiger partial charge in [-0.3, -0.25) is 0 Å². The van der Waals surface area contributed by atoms with Crippen LogP contribution in [-0.2, 0) is 11.3 Å². The van der Waals surface area contributed by atoms with E-state index in [2.05, 4.69) is 5.32 Å². The molecule has 0 atom stereocenters. The lowest BCUT2D eigenvalue weighted by atomic mass is 10.2. The maximum Gasteiger partial charge on any atom is 0.0828 e. The molecule has 1 aromatic carbocycles. The van der Waals surface area contributed by atoms with Gasteiger partial charge >= 0.3 is 0 Å². The lowest BCUT2D eigenvalue weighted by molar-refractivity contribution is 0.00759. The van der Waals surface area contributed by atoms with Crippen LogP contribution in [0, 0.1) is 0 Å². The molecule has 2 nitrogen and oxygen atoms in total. The van der Waals surface area contributed by atoms with Gasteiger partial charge in [-0.2, -0.15) is 0 Å². The van der Waals surface area contributed by atoms with Crippen molar-refractivity contribution in [2.75, 3.05) is 13.1 Å². The Kier molecular flexibility index (Phi) is 4.69. The molecule has 0 amide bonds. The molecule has 0 aromatic heterocycles. The van der Waals surface area contributed by atoms with E-state index in [0.29, 0.717) is 12.7 Å². The summed E-state index contributed by atoms with van der Waals surface area (Å²) in [6.07, 6.45) is 0.399. The maximum atomic E-state index is 5.76. The topological polar surface area (TPSA) is 21.3 Å². The van der Waals surface area contributed by atoms with Crippen LogP contribution in [0.5, 0.6) is 0 Å². The normalized spacial score (nSPS) is 15.8. The van der Waals surface area contributed by atoms with Crippen LogP contribution in [0.15, 0.2) is 24.3 Å². The molecule has 0 unspecified atom stereocenters. The van der Waals surface area contributed by atoms with Gasteiger partial charge in [0.25, 0.3) is 0 Å². The molecule has 1 N–H and O–H groups in total. The summed E-state index contributed by atoms with van der Waals surface area (Å²) in [5, 5.41) is 3.93. The summed E-state index contributed by atoms with van der Waals surface area (Å²) in [5.74, 6) is 0. The van der Waals surface area contributed by atoms with Crippen molar-refractivity contribution >= 4 is 24.0 Å². The van der Waals surface area contributed by atoms with Crippen molar-refractivity contribution in [2.45, 2.75) is 12.7 Å². The summed E-state index contributed by atoms with van der Waals surface area (Å²) in [5.41, 5.74) is 1.18. The number of rotatable bonds is 3. The minimum absolute atomic E-state index is 0. The van der Waals surface area contributed by atoms with Gasteiger partial charge in [-0.05, 0) is 17.7 Å². The summed E-state index contributed by atoms with van der Waals surface area (Å²) < 4.78 is 5.60. The van der Waals surface area contributed by atoms with Crippen molar-refractivity contribution < 1.29 is 4.74 Å². The fraction of sp³-hybridized carbons (Fsp3) is 0.400. The molecule has 1 heterocycles. The zero-order valence-corrected chi connectivity index (χ0v) is 9.27. The molecule has 0 bridgehead atoms. The van der Waals surface area contributed by atoms with Gasteiger partial charge in [0.2, 0.25) is 0 Å². The summed E-state index contributed by atoms with van der Waals surface area (Å²) in [6, 6.07) is 7.77. The Morgan fingerprint density at radius 3 is 2.43 bits per heavy atom. The first-order valence-corrected chi connectivity index (χ1v) is 4.79. The number of hydrogen-bond acceptors (Lipinski definition) is 2. The predicted molar refractivity (Wildman–Crippen MR) is 60.1 cm³/mol. The van der Waals surface area contributed by atoms with E-state index in [4.69, 9.17) is 16.3 Å². The highest BCUT2D eigenvalue weighted by atomic mass is 35.5. The molecule has 0 radical (unpaired) electrons. The monoisotopic (exact) mass is 233 g/mol. The van der Waals surface area contributed by atoms with Crippen molar-refractivity contribution in [2.24, 2.45) is 0 Å². The summed E-state index contributed by atoms with van der Waals surface area (Å²) >= 11 is 5.76. The molecule has 0 aliphatic carbocycles. The Morgan fingerprint density at radius 2 is 1.93 bits per heavy atom. The van der Waals surface area contributed by atoms with Gasteiger partial charge in [0.15, 0.2) is 0 Å². The molecule has 78 valence electrons. The summed E-state index contributed by atoms with van der Waals surface area (Å²) in [6.45, 7) is 2.64. The standard InChI is InChI=1S/C10H12ClNO.ClH/c11-9-3-1-8(2-4-9)7-13-10-5-12-6-10;/h1-4,10,12H,5-7H2;1H. The zero-order valence-electron chi connectivity index (χ0n) is 7.70. The highest BCUT2D eigenvalue weighted by molar-refractivity contribution is 6.30. The smallest absolute Gasteiger partial charge is 0.0828 e. The van der Waals surface area contributed by atoms with Gasteiger partial charge in [-0.1, -0.05) is 23.7 Å². The summed E-state index contributed by atoms with van der Waals surface area (Å²) in [7, 11) is 0. The van der Waals surface area contributed by atoms with Crippen LogP contribution < -0.4 is 5.32 Å². The average Bonchev–Trinajstić information content (AvgIpc) is 2.05. The van der Waals surface area contributed by atoms with Gasteiger partial charge in [0.05, 0.1) is 12.7 Å². The third-order valence-corrected chi connectivity index (χ3v) is 2.39. The van der Waals surface area contributed by atoms with Crippen molar-refractivity contribution in [1.29, 1.82) is 0 Å². The van der Waals surface area contributed by atoms with Crippen LogP contribution in [0.3, 0.4) is 0 Å². The van der Waals surface area contributed by atoms with Crippen LogP contribution in [0.25, 0.3) is 0 Å². The minimum atomic E-state index is 0. The number of hydrogen-bond donors (Lipinski definition) is 1. The predicted octanol–water partition coefficient (Wildman–Crippen LogP) is 2.25. The molecule has 0 spiro atoms. The van der Waals surface area contributed by atoms with E-state index in [1.54, 1.807) is 0 Å². The summed E-state index contributed by atoms with van der Waals surface area (Å²) in [4.78, 5) is 0. The van der Waals surface area contributed by atoms with Gasteiger partial charge < -0.3 is 10.1 Å². The van der Waals surface area contributed by atoms with Crippen molar-refractivity contribution in [1.82, 2.24) is 5.32 Å². The lowest BCUT2D eigenvalue weighted by Gasteiger charge is -2.27. The fourth-order valence-corrected chi connectivity index (χ4v) is 1.30. The first-order valence-electron chi connectivity index (χ1n) is 4.41.